The number of nitrogens with one attached hydrogen (secondary N) is 1. The average molecular weight is 413 g/mol. The van der Waals surface area contributed by atoms with Gasteiger partial charge in [-0.05, 0) is 67.4 Å². The summed E-state index contributed by atoms with van der Waals surface area (Å²) in [6, 6.07) is 19.8. The molecule has 0 spiro atoms. The molecule has 148 valence electrons. The molecule has 2 aromatic carbocycles. The average Bonchev–Trinajstić information content (AvgIpc) is 3.35. The number of carbonyl (C=O) groups is 1. The highest BCUT2D eigenvalue weighted by molar-refractivity contribution is 7.21. The highest BCUT2D eigenvalue weighted by Crippen LogP contribution is 2.31. The Morgan fingerprint density at radius 3 is 2.70 bits per heavy atom. The van der Waals surface area contributed by atoms with E-state index in [1.807, 2.05) is 60.0 Å². The molecule has 0 unspecified atom stereocenters. The van der Waals surface area contributed by atoms with Crippen LogP contribution in [0.25, 0.3) is 26.4 Å². The smallest absolute Gasteiger partial charge is 0.274 e. The van der Waals surface area contributed by atoms with Crippen molar-refractivity contribution >= 4 is 38.8 Å². The van der Waals surface area contributed by atoms with Crippen molar-refractivity contribution in [2.24, 2.45) is 0 Å². The minimum atomic E-state index is -0.159. The van der Waals surface area contributed by atoms with Crippen LogP contribution in [0.5, 0.6) is 0 Å². The van der Waals surface area contributed by atoms with Gasteiger partial charge in [-0.15, -0.1) is 11.3 Å². The van der Waals surface area contributed by atoms with E-state index in [1.165, 1.54) is 10.3 Å². The molecule has 0 saturated heterocycles. The molecule has 0 fully saturated rings. The van der Waals surface area contributed by atoms with Gasteiger partial charge in [0.1, 0.15) is 16.3 Å². The lowest BCUT2D eigenvalue weighted by molar-refractivity contribution is 0.102. The first kappa shape index (κ1) is 18.5. The largest absolute Gasteiger partial charge is 0.321 e. The van der Waals surface area contributed by atoms with Crippen LogP contribution in [0.3, 0.4) is 0 Å². The van der Waals surface area contributed by atoms with Crippen molar-refractivity contribution in [3.63, 3.8) is 0 Å². The zero-order chi connectivity index (χ0) is 20.7. The Bertz CT molecular complexity index is 1380. The number of thiazole rings is 1. The molecule has 0 radical (unpaired) electrons. The number of benzene rings is 2. The molecule has 30 heavy (non-hydrogen) atoms. The standard InChI is InChI=1S/C24H20N4OS/c1-3-18-22(28-13-5-4-6-21(28)26-18)23(29)25-17-10-8-16(9-11-17)24-27-19-12-7-15(2)14-20(19)30-24/h4-14H,3H2,1-2H3,(H,25,29). The molecule has 5 rings (SSSR count). The van der Waals surface area contributed by atoms with Gasteiger partial charge in [0.05, 0.1) is 15.9 Å². The van der Waals surface area contributed by atoms with E-state index in [1.54, 1.807) is 11.3 Å². The summed E-state index contributed by atoms with van der Waals surface area (Å²) in [6.07, 6.45) is 2.56. The van der Waals surface area contributed by atoms with Gasteiger partial charge in [-0.2, -0.15) is 0 Å². The Kier molecular flexibility index (Phi) is 4.56. The molecule has 6 heteroatoms. The number of imidazole rings is 1. The topological polar surface area (TPSA) is 59.3 Å². The van der Waals surface area contributed by atoms with Crippen molar-refractivity contribution in [1.29, 1.82) is 0 Å². The second kappa shape index (κ2) is 7.39. The van der Waals surface area contributed by atoms with E-state index >= 15 is 0 Å². The van der Waals surface area contributed by atoms with Crippen LogP contribution in [0, 0.1) is 6.92 Å². The SMILES string of the molecule is CCc1nc2ccccn2c1C(=O)Nc1ccc(-c2nc3ccc(C)cc3s2)cc1. The summed E-state index contributed by atoms with van der Waals surface area (Å²) in [5.74, 6) is -0.159. The molecule has 1 amide bonds. The highest BCUT2D eigenvalue weighted by atomic mass is 32.1. The molecule has 0 atom stereocenters. The lowest BCUT2D eigenvalue weighted by Crippen LogP contribution is -2.16. The number of amides is 1. The fraction of sp³-hybridized carbons (Fsp3) is 0.125. The van der Waals surface area contributed by atoms with Crippen LogP contribution in [-0.2, 0) is 6.42 Å². The van der Waals surface area contributed by atoms with E-state index in [0.29, 0.717) is 12.1 Å². The van der Waals surface area contributed by atoms with E-state index in [9.17, 15) is 4.79 Å². The molecular weight excluding hydrogens is 392 g/mol. The van der Waals surface area contributed by atoms with Crippen LogP contribution < -0.4 is 5.32 Å². The normalized spacial score (nSPS) is 11.3. The number of hydrogen-bond acceptors (Lipinski definition) is 4. The van der Waals surface area contributed by atoms with Crippen molar-refractivity contribution in [3.05, 3.63) is 83.8 Å². The predicted octanol–water partition coefficient (Wildman–Crippen LogP) is 5.73. The summed E-state index contributed by atoms with van der Waals surface area (Å²) in [6.45, 7) is 4.09. The summed E-state index contributed by atoms with van der Waals surface area (Å²) in [4.78, 5) is 22.3. The maximum absolute atomic E-state index is 13.0. The molecule has 3 aromatic heterocycles. The van der Waals surface area contributed by atoms with Gasteiger partial charge < -0.3 is 5.32 Å². The summed E-state index contributed by atoms with van der Waals surface area (Å²) >= 11 is 1.68. The van der Waals surface area contributed by atoms with E-state index in [0.717, 1.165) is 33.1 Å². The fourth-order valence-electron chi connectivity index (χ4n) is 3.57. The molecule has 5 aromatic rings. The second-order valence-electron chi connectivity index (χ2n) is 7.21. The van der Waals surface area contributed by atoms with Gasteiger partial charge in [-0.1, -0.05) is 19.1 Å². The molecule has 5 nitrogen and oxygen atoms in total. The van der Waals surface area contributed by atoms with Crippen LogP contribution in [0.15, 0.2) is 66.9 Å². The Hall–Kier alpha value is -3.51. The number of aromatic nitrogens is 3. The van der Waals surface area contributed by atoms with E-state index in [2.05, 4.69) is 35.4 Å². The Morgan fingerprint density at radius 1 is 1.07 bits per heavy atom. The van der Waals surface area contributed by atoms with Crippen LogP contribution >= 0.6 is 11.3 Å². The fourth-order valence-corrected chi connectivity index (χ4v) is 4.64. The lowest BCUT2D eigenvalue weighted by atomic mass is 10.2. The number of nitrogens with zero attached hydrogens (tertiary/aromatic N) is 3. The van der Waals surface area contributed by atoms with E-state index in [4.69, 9.17) is 4.98 Å². The number of anilines is 1. The summed E-state index contributed by atoms with van der Waals surface area (Å²) < 4.78 is 3.02. The first-order valence-corrected chi connectivity index (χ1v) is 10.7. The maximum Gasteiger partial charge on any atom is 0.274 e. The Balaban J connectivity index is 1.41. The third-order valence-corrected chi connectivity index (χ3v) is 6.15. The molecule has 0 saturated carbocycles. The molecule has 3 heterocycles. The second-order valence-corrected chi connectivity index (χ2v) is 8.24. The van der Waals surface area contributed by atoms with Gasteiger partial charge in [0, 0.05) is 17.4 Å². The number of hydrogen-bond donors (Lipinski definition) is 1. The Morgan fingerprint density at radius 2 is 1.90 bits per heavy atom. The number of fused-ring (bicyclic) bond motifs is 2. The van der Waals surface area contributed by atoms with Crippen molar-refractivity contribution < 1.29 is 4.79 Å². The number of rotatable bonds is 4. The van der Waals surface area contributed by atoms with Gasteiger partial charge in [0.15, 0.2) is 0 Å². The molecule has 0 aliphatic heterocycles. The van der Waals surface area contributed by atoms with Crippen molar-refractivity contribution in [3.8, 4) is 10.6 Å². The first-order valence-electron chi connectivity index (χ1n) is 9.87. The minimum Gasteiger partial charge on any atom is -0.321 e. The van der Waals surface area contributed by atoms with Crippen LogP contribution in [0.2, 0.25) is 0 Å². The lowest BCUT2D eigenvalue weighted by Gasteiger charge is -2.07. The van der Waals surface area contributed by atoms with Gasteiger partial charge in [0.25, 0.3) is 5.91 Å². The van der Waals surface area contributed by atoms with E-state index in [-0.39, 0.29) is 5.91 Å². The van der Waals surface area contributed by atoms with Gasteiger partial charge in [-0.25, -0.2) is 9.97 Å². The van der Waals surface area contributed by atoms with Crippen LogP contribution in [0.1, 0.15) is 28.7 Å². The molecular formula is C24H20N4OS. The van der Waals surface area contributed by atoms with Gasteiger partial charge >= 0.3 is 0 Å². The Labute approximate surface area is 178 Å². The van der Waals surface area contributed by atoms with Crippen molar-refractivity contribution in [1.82, 2.24) is 14.4 Å². The molecule has 0 aliphatic carbocycles. The monoisotopic (exact) mass is 412 g/mol. The van der Waals surface area contributed by atoms with Gasteiger partial charge in [0.2, 0.25) is 0 Å². The van der Waals surface area contributed by atoms with Crippen molar-refractivity contribution in [2.45, 2.75) is 20.3 Å². The zero-order valence-corrected chi connectivity index (χ0v) is 17.5. The summed E-state index contributed by atoms with van der Waals surface area (Å²) in [5.41, 5.74) is 6.18. The minimum absolute atomic E-state index is 0.159. The maximum atomic E-state index is 13.0. The number of aryl methyl sites for hydroxylation is 2. The van der Waals surface area contributed by atoms with Crippen LogP contribution in [0.4, 0.5) is 5.69 Å². The quantitative estimate of drug-likeness (QED) is 0.410. The third kappa shape index (κ3) is 3.25. The highest BCUT2D eigenvalue weighted by Gasteiger charge is 2.18. The zero-order valence-electron chi connectivity index (χ0n) is 16.7. The summed E-state index contributed by atoms with van der Waals surface area (Å²) in [7, 11) is 0. The summed E-state index contributed by atoms with van der Waals surface area (Å²) in [5, 5.41) is 3.98. The van der Waals surface area contributed by atoms with Crippen molar-refractivity contribution in [2.75, 3.05) is 5.32 Å². The third-order valence-electron chi connectivity index (χ3n) is 5.09. The first-order chi connectivity index (χ1) is 14.6. The van der Waals surface area contributed by atoms with Gasteiger partial charge in [-0.3, -0.25) is 9.20 Å². The molecule has 1 N–H and O–H groups in total. The molecule has 0 aliphatic rings. The van der Waals surface area contributed by atoms with Crippen LogP contribution in [-0.4, -0.2) is 20.3 Å². The molecule has 0 bridgehead atoms. The number of carbonyl (C=O) groups excluding carboxylic acids is 1. The number of pyridine rings is 1. The predicted molar refractivity (Wildman–Crippen MR) is 122 cm³/mol. The van der Waals surface area contributed by atoms with E-state index < -0.39 is 0 Å².